The van der Waals surface area contributed by atoms with Gasteiger partial charge in [-0.2, -0.15) is 12.6 Å². The Balaban J connectivity index is 2.81. The zero-order valence-corrected chi connectivity index (χ0v) is 8.89. The van der Waals surface area contributed by atoms with Gasteiger partial charge in [0.05, 0.1) is 5.52 Å². The first-order chi connectivity index (χ1) is 6.77. The van der Waals surface area contributed by atoms with Crippen molar-refractivity contribution >= 4 is 23.5 Å². The number of benzene rings is 1. The molecule has 2 rings (SSSR count). The fourth-order valence-electron chi connectivity index (χ4n) is 1.83. The number of thiol groups is 1. The fraction of sp³-hybridized carbons (Fsp3) is 0.273. The molecule has 2 aromatic rings. The zero-order valence-electron chi connectivity index (χ0n) is 8.00. The maximum absolute atomic E-state index is 13.5. The van der Waals surface area contributed by atoms with E-state index in [0.717, 1.165) is 17.6 Å². The van der Waals surface area contributed by atoms with E-state index in [2.05, 4.69) is 12.6 Å². The van der Waals surface area contributed by atoms with Gasteiger partial charge in [-0.05, 0) is 19.1 Å². The predicted molar refractivity (Wildman–Crippen MR) is 60.3 cm³/mol. The molecule has 0 aliphatic rings. The van der Waals surface area contributed by atoms with E-state index in [9.17, 15) is 4.39 Å². The third-order valence-electron chi connectivity index (χ3n) is 2.43. The van der Waals surface area contributed by atoms with Gasteiger partial charge in [0, 0.05) is 23.4 Å². The molecule has 1 heterocycles. The van der Waals surface area contributed by atoms with Crippen LogP contribution in [-0.2, 0) is 12.3 Å². The SMILES string of the molecule is CCn1c(CS)cc2cccc(F)c21. The molecule has 0 N–H and O–H groups in total. The second-order valence-corrected chi connectivity index (χ2v) is 3.53. The standard InChI is InChI=1S/C11H12FNS/c1-2-13-9(7-14)6-8-4-3-5-10(12)11(8)13/h3-6,14H,2,7H2,1H3. The van der Waals surface area contributed by atoms with Crippen molar-refractivity contribution in [3.63, 3.8) is 0 Å². The molecule has 1 nitrogen and oxygen atoms in total. The summed E-state index contributed by atoms with van der Waals surface area (Å²) in [5.41, 5.74) is 1.76. The van der Waals surface area contributed by atoms with Crippen molar-refractivity contribution in [3.05, 3.63) is 35.8 Å². The van der Waals surface area contributed by atoms with E-state index in [0.29, 0.717) is 11.3 Å². The topological polar surface area (TPSA) is 4.93 Å². The molecule has 0 amide bonds. The van der Waals surface area contributed by atoms with Gasteiger partial charge in [-0.25, -0.2) is 4.39 Å². The fourth-order valence-corrected chi connectivity index (χ4v) is 2.09. The van der Waals surface area contributed by atoms with Crippen molar-refractivity contribution in [1.82, 2.24) is 4.57 Å². The molecule has 14 heavy (non-hydrogen) atoms. The molecule has 1 aromatic heterocycles. The van der Waals surface area contributed by atoms with Gasteiger partial charge in [-0.15, -0.1) is 0 Å². The summed E-state index contributed by atoms with van der Waals surface area (Å²) in [4.78, 5) is 0. The van der Waals surface area contributed by atoms with Gasteiger partial charge in [0.1, 0.15) is 5.82 Å². The first-order valence-corrected chi connectivity index (χ1v) is 5.28. The second kappa shape index (κ2) is 3.65. The summed E-state index contributed by atoms with van der Waals surface area (Å²) in [5, 5.41) is 0.955. The molecule has 1 aromatic carbocycles. The van der Waals surface area contributed by atoms with Crippen LogP contribution >= 0.6 is 12.6 Å². The Kier molecular flexibility index (Phi) is 2.50. The number of hydrogen-bond acceptors (Lipinski definition) is 1. The van der Waals surface area contributed by atoms with Crippen molar-refractivity contribution < 1.29 is 4.39 Å². The predicted octanol–water partition coefficient (Wildman–Crippen LogP) is 3.23. The number of aryl methyl sites for hydroxylation is 1. The van der Waals surface area contributed by atoms with Crippen LogP contribution < -0.4 is 0 Å². The maximum Gasteiger partial charge on any atom is 0.147 e. The van der Waals surface area contributed by atoms with Crippen LogP contribution in [0, 0.1) is 5.82 Å². The molecular weight excluding hydrogens is 197 g/mol. The average Bonchev–Trinajstić information content (AvgIpc) is 2.56. The summed E-state index contributed by atoms with van der Waals surface area (Å²) < 4.78 is 15.5. The number of rotatable bonds is 2. The number of para-hydroxylation sites is 1. The van der Waals surface area contributed by atoms with Crippen molar-refractivity contribution in [3.8, 4) is 0 Å². The number of halogens is 1. The Morgan fingerprint density at radius 2 is 2.21 bits per heavy atom. The lowest BCUT2D eigenvalue weighted by Crippen LogP contribution is -1.99. The summed E-state index contributed by atoms with van der Waals surface area (Å²) in [5.74, 6) is 0.486. The molecule has 0 aliphatic heterocycles. The van der Waals surface area contributed by atoms with Gasteiger partial charge >= 0.3 is 0 Å². The van der Waals surface area contributed by atoms with Crippen LogP contribution in [0.25, 0.3) is 10.9 Å². The highest BCUT2D eigenvalue weighted by molar-refractivity contribution is 7.79. The molecule has 0 spiro atoms. The van der Waals surface area contributed by atoms with Crippen LogP contribution in [0.15, 0.2) is 24.3 Å². The molecule has 0 fully saturated rings. The highest BCUT2D eigenvalue weighted by Crippen LogP contribution is 2.23. The van der Waals surface area contributed by atoms with Gasteiger partial charge in [0.15, 0.2) is 0 Å². The summed E-state index contributed by atoms with van der Waals surface area (Å²) in [6, 6.07) is 7.16. The second-order valence-electron chi connectivity index (χ2n) is 3.22. The van der Waals surface area contributed by atoms with Crippen LogP contribution in [0.5, 0.6) is 0 Å². The number of fused-ring (bicyclic) bond motifs is 1. The molecule has 0 unspecified atom stereocenters. The molecule has 0 radical (unpaired) electrons. The monoisotopic (exact) mass is 209 g/mol. The molecule has 0 bridgehead atoms. The summed E-state index contributed by atoms with van der Waals surface area (Å²) in [6.07, 6.45) is 0. The molecule has 0 atom stereocenters. The zero-order chi connectivity index (χ0) is 10.1. The minimum Gasteiger partial charge on any atom is -0.342 e. The van der Waals surface area contributed by atoms with Crippen molar-refractivity contribution in [2.45, 2.75) is 19.2 Å². The van der Waals surface area contributed by atoms with Crippen molar-refractivity contribution in [2.24, 2.45) is 0 Å². The Hall–Kier alpha value is -0.960. The number of hydrogen-bond donors (Lipinski definition) is 1. The van der Waals surface area contributed by atoms with E-state index in [1.54, 1.807) is 6.07 Å². The first kappa shape index (κ1) is 9.59. The molecule has 0 aliphatic carbocycles. The molecule has 3 heteroatoms. The number of nitrogens with zero attached hydrogens (tertiary/aromatic N) is 1. The van der Waals surface area contributed by atoms with E-state index in [1.165, 1.54) is 6.07 Å². The van der Waals surface area contributed by atoms with Crippen LogP contribution in [0.2, 0.25) is 0 Å². The smallest absolute Gasteiger partial charge is 0.147 e. The normalized spacial score (nSPS) is 11.1. The minimum atomic E-state index is -0.155. The van der Waals surface area contributed by atoms with E-state index in [4.69, 9.17) is 0 Å². The van der Waals surface area contributed by atoms with Crippen LogP contribution in [0.3, 0.4) is 0 Å². The Bertz CT molecular complexity index is 462. The molecule has 0 saturated carbocycles. The van der Waals surface area contributed by atoms with Crippen LogP contribution in [0.1, 0.15) is 12.6 Å². The van der Waals surface area contributed by atoms with Gasteiger partial charge in [-0.1, -0.05) is 12.1 Å². The lowest BCUT2D eigenvalue weighted by Gasteiger charge is -2.05. The van der Waals surface area contributed by atoms with Crippen LogP contribution in [0.4, 0.5) is 4.39 Å². The quantitative estimate of drug-likeness (QED) is 0.725. The van der Waals surface area contributed by atoms with Gasteiger partial charge < -0.3 is 4.57 Å². The van der Waals surface area contributed by atoms with E-state index >= 15 is 0 Å². The minimum absolute atomic E-state index is 0.155. The third-order valence-corrected chi connectivity index (χ3v) is 2.76. The highest BCUT2D eigenvalue weighted by Gasteiger charge is 2.09. The van der Waals surface area contributed by atoms with Gasteiger partial charge in [-0.3, -0.25) is 0 Å². The summed E-state index contributed by atoms with van der Waals surface area (Å²) in [6.45, 7) is 2.79. The van der Waals surface area contributed by atoms with Gasteiger partial charge in [0.25, 0.3) is 0 Å². The lowest BCUT2D eigenvalue weighted by atomic mass is 10.2. The molecule has 0 saturated heterocycles. The Morgan fingerprint density at radius 1 is 1.43 bits per heavy atom. The van der Waals surface area contributed by atoms with Crippen molar-refractivity contribution in [2.75, 3.05) is 0 Å². The Morgan fingerprint density at radius 3 is 2.86 bits per heavy atom. The largest absolute Gasteiger partial charge is 0.342 e. The lowest BCUT2D eigenvalue weighted by molar-refractivity contribution is 0.624. The first-order valence-electron chi connectivity index (χ1n) is 4.65. The molecule has 74 valence electrons. The van der Waals surface area contributed by atoms with Crippen molar-refractivity contribution in [1.29, 1.82) is 0 Å². The maximum atomic E-state index is 13.5. The third kappa shape index (κ3) is 1.32. The highest BCUT2D eigenvalue weighted by atomic mass is 32.1. The summed E-state index contributed by atoms with van der Waals surface area (Å²) in [7, 11) is 0. The number of aromatic nitrogens is 1. The Labute approximate surface area is 87.9 Å². The van der Waals surface area contributed by atoms with E-state index in [-0.39, 0.29) is 5.82 Å². The van der Waals surface area contributed by atoms with Gasteiger partial charge in [0.2, 0.25) is 0 Å². The van der Waals surface area contributed by atoms with Crippen LogP contribution in [-0.4, -0.2) is 4.57 Å². The average molecular weight is 209 g/mol. The molecular formula is C11H12FNS. The van der Waals surface area contributed by atoms with E-state index < -0.39 is 0 Å². The van der Waals surface area contributed by atoms with E-state index in [1.807, 2.05) is 23.6 Å². The summed E-state index contributed by atoms with van der Waals surface area (Å²) >= 11 is 4.24.